The largest absolute Gasteiger partial charge is 0.475 e. The Hall–Kier alpha value is -0.740. The lowest BCUT2D eigenvalue weighted by Gasteiger charge is -2.03. The summed E-state index contributed by atoms with van der Waals surface area (Å²) in [6.45, 7) is 0. The Morgan fingerprint density at radius 1 is 1.55 bits per heavy atom. The molecule has 0 aromatic rings. The van der Waals surface area contributed by atoms with Gasteiger partial charge in [0.2, 0.25) is 0 Å². The molecule has 1 N–H and O–H groups in total. The lowest BCUT2D eigenvalue weighted by Crippen LogP contribution is -2.10. The molecule has 1 rings (SSSR count). The quantitative estimate of drug-likeness (QED) is 0.590. The first-order valence-electron chi connectivity index (χ1n) is 2.67. The highest BCUT2D eigenvalue weighted by atomic mass is 35.5. The summed E-state index contributed by atoms with van der Waals surface area (Å²) in [4.78, 5) is 21.0. The number of carbonyl (C=O) groups is 2. The average molecular weight is 192 g/mol. The van der Waals surface area contributed by atoms with Crippen molar-refractivity contribution in [1.29, 1.82) is 0 Å². The maximum absolute atomic E-state index is 10.8. The molecule has 0 unspecified atom stereocenters. The summed E-state index contributed by atoms with van der Waals surface area (Å²) in [5.41, 5.74) is 0. The molecule has 1 radical (unpaired) electrons. The Kier molecular flexibility index (Phi) is 2.36. The number of rotatable bonds is 0. The third-order valence-electron chi connectivity index (χ3n) is 1.03. The molecule has 1 aliphatic rings. The van der Waals surface area contributed by atoms with E-state index >= 15 is 0 Å². The third-order valence-corrected chi connectivity index (χ3v) is 3.21. The van der Waals surface area contributed by atoms with Gasteiger partial charge in [0.1, 0.15) is 0 Å². The van der Waals surface area contributed by atoms with Crippen molar-refractivity contribution in [2.24, 2.45) is 0 Å². The molecule has 3 nitrogen and oxygen atoms in total. The fraction of sp³-hybridized carbons (Fsp3) is 0. The highest BCUT2D eigenvalue weighted by Crippen LogP contribution is 2.43. The Balaban J connectivity index is 2.78. The van der Waals surface area contributed by atoms with E-state index in [2.05, 4.69) is 0 Å². The summed E-state index contributed by atoms with van der Waals surface area (Å²) in [5.74, 6) is -1.44. The van der Waals surface area contributed by atoms with Crippen LogP contribution in [0.4, 0.5) is 0 Å². The molecule has 0 spiro atoms. The lowest BCUT2D eigenvalue weighted by molar-refractivity contribution is -0.144. The van der Waals surface area contributed by atoms with Crippen LogP contribution < -0.4 is 0 Å². The standard InChI is InChI=1S/C6H4ClO3S/c7-4-2-1-3-11(4)6(10)5(8)9/h1-3H,(H,8,9). The molecule has 0 atom stereocenters. The van der Waals surface area contributed by atoms with E-state index in [1.54, 1.807) is 6.08 Å². The highest BCUT2D eigenvalue weighted by molar-refractivity contribution is 8.37. The number of carbonyl (C=O) groups excluding carboxylic acids is 1. The van der Waals surface area contributed by atoms with Crippen molar-refractivity contribution >= 4 is 33.6 Å². The molecule has 1 heterocycles. The highest BCUT2D eigenvalue weighted by Gasteiger charge is 2.25. The van der Waals surface area contributed by atoms with Crippen molar-refractivity contribution < 1.29 is 14.7 Å². The van der Waals surface area contributed by atoms with Gasteiger partial charge in [0.15, 0.2) is 0 Å². The van der Waals surface area contributed by atoms with Gasteiger partial charge in [-0.05, 0) is 11.5 Å². The Morgan fingerprint density at radius 2 is 2.18 bits per heavy atom. The third kappa shape index (κ3) is 1.64. The molecule has 0 fully saturated rings. The Labute approximate surface area is 70.7 Å². The summed E-state index contributed by atoms with van der Waals surface area (Å²) < 4.78 is 0.289. The predicted molar refractivity (Wildman–Crippen MR) is 43.3 cm³/mol. The molecule has 0 aliphatic carbocycles. The second-order valence-electron chi connectivity index (χ2n) is 1.73. The zero-order chi connectivity index (χ0) is 8.43. The molecule has 0 aromatic heterocycles. The van der Waals surface area contributed by atoms with Gasteiger partial charge in [-0.15, -0.1) is 0 Å². The van der Waals surface area contributed by atoms with E-state index in [4.69, 9.17) is 16.7 Å². The number of hydrogen-bond donors (Lipinski definition) is 1. The number of carboxylic acids is 1. The second-order valence-corrected chi connectivity index (χ2v) is 4.12. The summed E-state index contributed by atoms with van der Waals surface area (Å²) in [6, 6.07) is 0. The Bertz CT molecular complexity index is 269. The van der Waals surface area contributed by atoms with Crippen LogP contribution in [0.15, 0.2) is 21.9 Å². The molecular formula is C6H4ClO3S. The topological polar surface area (TPSA) is 54.4 Å². The summed E-state index contributed by atoms with van der Waals surface area (Å²) in [5, 5.41) is 8.92. The zero-order valence-electron chi connectivity index (χ0n) is 5.28. The number of aliphatic carboxylic acids is 1. The van der Waals surface area contributed by atoms with Crippen molar-refractivity contribution in [1.82, 2.24) is 0 Å². The minimum atomic E-state index is -1.44. The summed E-state index contributed by atoms with van der Waals surface area (Å²) in [7, 11) is -1.04. The lowest BCUT2D eigenvalue weighted by atomic mass is 10.6. The van der Waals surface area contributed by atoms with Crippen LogP contribution in [0.1, 0.15) is 0 Å². The fourth-order valence-corrected chi connectivity index (χ4v) is 2.09. The van der Waals surface area contributed by atoms with Gasteiger partial charge in [-0.25, -0.2) is 4.79 Å². The normalized spacial score (nSPS) is 16.6. The molecule has 0 bridgehead atoms. The number of carboxylic acid groups (broad SMARTS) is 1. The van der Waals surface area contributed by atoms with Gasteiger partial charge < -0.3 is 5.11 Å². The second kappa shape index (κ2) is 3.11. The van der Waals surface area contributed by atoms with Gasteiger partial charge in [0.05, 0.1) is 4.36 Å². The predicted octanol–water partition coefficient (Wildman–Crippen LogP) is 1.47. The first-order chi connectivity index (χ1) is 5.13. The molecule has 0 saturated heterocycles. The van der Waals surface area contributed by atoms with E-state index in [9.17, 15) is 9.59 Å². The smallest absolute Gasteiger partial charge is 0.383 e. The summed E-state index contributed by atoms with van der Waals surface area (Å²) in [6.07, 6.45) is 3.10. The average Bonchev–Trinajstić information content (AvgIpc) is 2.33. The van der Waals surface area contributed by atoms with Crippen LogP contribution in [0.5, 0.6) is 0 Å². The van der Waals surface area contributed by atoms with E-state index in [-0.39, 0.29) is 4.36 Å². The van der Waals surface area contributed by atoms with E-state index in [0.717, 1.165) is 0 Å². The van der Waals surface area contributed by atoms with Crippen LogP contribution in [0.25, 0.3) is 0 Å². The van der Waals surface area contributed by atoms with Crippen molar-refractivity contribution in [2.45, 2.75) is 0 Å². The summed E-state index contributed by atoms with van der Waals surface area (Å²) >= 11 is 5.54. The van der Waals surface area contributed by atoms with Crippen molar-refractivity contribution in [3.8, 4) is 0 Å². The molecule has 0 saturated carbocycles. The molecular weight excluding hydrogens is 188 g/mol. The van der Waals surface area contributed by atoms with E-state index in [1.807, 2.05) is 0 Å². The van der Waals surface area contributed by atoms with E-state index in [1.165, 1.54) is 11.5 Å². The van der Waals surface area contributed by atoms with Crippen LogP contribution in [0.2, 0.25) is 0 Å². The van der Waals surface area contributed by atoms with Crippen molar-refractivity contribution in [3.05, 3.63) is 21.9 Å². The molecule has 0 amide bonds. The first kappa shape index (κ1) is 8.36. The molecule has 1 aliphatic heterocycles. The maximum Gasteiger partial charge on any atom is 0.383 e. The monoisotopic (exact) mass is 191 g/mol. The van der Waals surface area contributed by atoms with E-state index in [0.29, 0.717) is 0 Å². The molecule has 59 valence electrons. The van der Waals surface area contributed by atoms with Crippen LogP contribution >= 0.6 is 22.5 Å². The maximum atomic E-state index is 10.8. The van der Waals surface area contributed by atoms with Gasteiger partial charge in [0, 0.05) is 0 Å². The first-order valence-corrected chi connectivity index (χ1v) is 4.34. The van der Waals surface area contributed by atoms with Crippen LogP contribution in [0.3, 0.4) is 0 Å². The van der Waals surface area contributed by atoms with Gasteiger partial charge in [0.25, 0.3) is 5.12 Å². The number of allylic oxidation sites excluding steroid dienone is 2. The Morgan fingerprint density at radius 3 is 2.55 bits per heavy atom. The zero-order valence-corrected chi connectivity index (χ0v) is 6.85. The van der Waals surface area contributed by atoms with E-state index < -0.39 is 22.0 Å². The molecule has 11 heavy (non-hydrogen) atoms. The van der Waals surface area contributed by atoms with Crippen LogP contribution in [-0.2, 0) is 9.59 Å². The van der Waals surface area contributed by atoms with Gasteiger partial charge in [-0.3, -0.25) is 4.79 Å². The SMILES string of the molecule is O=C(O)C(=O)[S]1C=CC=C1Cl. The number of halogens is 1. The van der Waals surface area contributed by atoms with Crippen molar-refractivity contribution in [3.63, 3.8) is 0 Å². The minimum absolute atomic E-state index is 0.289. The fourth-order valence-electron chi connectivity index (χ4n) is 0.576. The molecule has 5 heteroatoms. The van der Waals surface area contributed by atoms with Gasteiger partial charge in [-0.1, -0.05) is 28.6 Å². The van der Waals surface area contributed by atoms with Crippen LogP contribution in [0, 0.1) is 0 Å². The van der Waals surface area contributed by atoms with Crippen molar-refractivity contribution in [2.75, 3.05) is 0 Å². The van der Waals surface area contributed by atoms with Crippen LogP contribution in [-0.4, -0.2) is 16.2 Å². The van der Waals surface area contributed by atoms with Gasteiger partial charge in [-0.2, -0.15) is 0 Å². The van der Waals surface area contributed by atoms with Gasteiger partial charge >= 0.3 is 5.97 Å². The molecule has 0 aromatic carbocycles. The number of hydrogen-bond acceptors (Lipinski definition) is 2. The minimum Gasteiger partial charge on any atom is -0.475 e.